The van der Waals surface area contributed by atoms with Gasteiger partial charge < -0.3 is 20.4 Å². The summed E-state index contributed by atoms with van der Waals surface area (Å²) in [4.78, 5) is 16.1. The van der Waals surface area contributed by atoms with Gasteiger partial charge in [0.05, 0.1) is 26.2 Å². The van der Waals surface area contributed by atoms with Crippen LogP contribution in [-0.2, 0) is 11.3 Å². The number of amides is 1. The van der Waals surface area contributed by atoms with Gasteiger partial charge in [0.1, 0.15) is 6.54 Å². The fraction of sp³-hybridized carbons (Fsp3) is 0.391. The third kappa shape index (κ3) is 6.27. The van der Waals surface area contributed by atoms with Crippen LogP contribution >= 0.6 is 12.2 Å². The molecule has 3 N–H and O–H groups in total. The van der Waals surface area contributed by atoms with Gasteiger partial charge in [-0.25, -0.2) is 0 Å². The molecule has 1 fully saturated rings. The Labute approximate surface area is 179 Å². The second kappa shape index (κ2) is 9.37. The van der Waals surface area contributed by atoms with E-state index in [0.717, 1.165) is 38.4 Å². The van der Waals surface area contributed by atoms with Gasteiger partial charge in [-0.05, 0) is 36.5 Å². The van der Waals surface area contributed by atoms with Gasteiger partial charge >= 0.3 is 0 Å². The molecule has 0 unspecified atom stereocenters. The summed E-state index contributed by atoms with van der Waals surface area (Å²) < 4.78 is 0. The Bertz CT molecular complexity index is 822. The zero-order valence-electron chi connectivity index (χ0n) is 17.5. The fourth-order valence-corrected chi connectivity index (χ4v) is 3.56. The molecule has 2 aromatic carbocycles. The van der Waals surface area contributed by atoms with Gasteiger partial charge in [0.2, 0.25) is 5.91 Å². The topological polar surface area (TPSA) is 48.8 Å². The maximum absolute atomic E-state index is 12.0. The highest BCUT2D eigenvalue weighted by atomic mass is 32.1. The molecule has 0 spiro atoms. The van der Waals surface area contributed by atoms with E-state index >= 15 is 0 Å². The number of thiocarbonyl (C=S) groups is 1. The van der Waals surface area contributed by atoms with Gasteiger partial charge in [-0.3, -0.25) is 4.79 Å². The minimum atomic E-state index is -0.472. The summed E-state index contributed by atoms with van der Waals surface area (Å²) in [6.45, 7) is 11.1. The molecular weight excluding hydrogens is 380 g/mol. The summed E-state index contributed by atoms with van der Waals surface area (Å²) in [7, 11) is 0. The van der Waals surface area contributed by atoms with Crippen molar-refractivity contribution in [3.05, 3.63) is 60.2 Å². The number of benzene rings is 2. The minimum Gasteiger partial charge on any atom is -0.360 e. The van der Waals surface area contributed by atoms with Crippen LogP contribution in [-0.4, -0.2) is 37.2 Å². The number of nitrogens with zero attached hydrogens (tertiary/aromatic N) is 1. The fourth-order valence-electron chi connectivity index (χ4n) is 3.35. The van der Waals surface area contributed by atoms with Gasteiger partial charge in [0.25, 0.3) is 0 Å². The van der Waals surface area contributed by atoms with Crippen LogP contribution < -0.4 is 20.4 Å². The summed E-state index contributed by atoms with van der Waals surface area (Å²) in [6.07, 6.45) is 0. The lowest BCUT2D eigenvalue weighted by molar-refractivity contribution is -0.914. The molecule has 5 nitrogen and oxygen atoms in total. The molecule has 0 saturated carbocycles. The van der Waals surface area contributed by atoms with Crippen LogP contribution in [0.1, 0.15) is 26.3 Å². The molecule has 1 heterocycles. The number of piperazine rings is 1. The van der Waals surface area contributed by atoms with E-state index in [1.54, 1.807) is 4.90 Å². The summed E-state index contributed by atoms with van der Waals surface area (Å²) >= 11 is 5.25. The molecule has 2 aromatic rings. The smallest absolute Gasteiger partial charge is 0.231 e. The molecule has 0 bridgehead atoms. The predicted molar refractivity (Wildman–Crippen MR) is 123 cm³/mol. The van der Waals surface area contributed by atoms with Gasteiger partial charge in [-0.2, -0.15) is 0 Å². The molecule has 1 saturated heterocycles. The number of quaternary nitrogens is 1. The largest absolute Gasteiger partial charge is 0.360 e. The van der Waals surface area contributed by atoms with E-state index in [9.17, 15) is 4.79 Å². The van der Waals surface area contributed by atoms with E-state index in [2.05, 4.69) is 58.0 Å². The molecule has 0 radical (unpaired) electrons. The SMILES string of the molecule is CC(C)(C)C(=O)NC(=S)Nc1ccc(N2CC[NH+](Cc3ccccc3)CC2)cc1. The first-order valence-electron chi connectivity index (χ1n) is 10.2. The van der Waals surface area contributed by atoms with Crippen molar-refractivity contribution >= 4 is 34.6 Å². The van der Waals surface area contributed by atoms with Crippen LogP contribution in [0.3, 0.4) is 0 Å². The lowest BCUT2D eigenvalue weighted by Gasteiger charge is -2.33. The van der Waals surface area contributed by atoms with Gasteiger partial charge in [-0.1, -0.05) is 51.1 Å². The van der Waals surface area contributed by atoms with Crippen molar-refractivity contribution in [2.75, 3.05) is 36.4 Å². The van der Waals surface area contributed by atoms with Gasteiger partial charge in [-0.15, -0.1) is 0 Å². The van der Waals surface area contributed by atoms with E-state index in [-0.39, 0.29) is 5.91 Å². The van der Waals surface area contributed by atoms with Crippen LogP contribution in [0.5, 0.6) is 0 Å². The third-order valence-corrected chi connectivity index (χ3v) is 5.37. The lowest BCUT2D eigenvalue weighted by atomic mass is 9.96. The summed E-state index contributed by atoms with van der Waals surface area (Å²) in [5, 5.41) is 6.16. The van der Waals surface area contributed by atoms with Crippen molar-refractivity contribution < 1.29 is 9.69 Å². The molecule has 1 amide bonds. The van der Waals surface area contributed by atoms with Crippen LogP contribution in [0.15, 0.2) is 54.6 Å². The molecule has 0 aromatic heterocycles. The third-order valence-electron chi connectivity index (χ3n) is 5.17. The maximum atomic E-state index is 12.0. The van der Waals surface area contributed by atoms with Crippen molar-refractivity contribution in [2.24, 2.45) is 5.41 Å². The highest BCUT2D eigenvalue weighted by Gasteiger charge is 2.22. The van der Waals surface area contributed by atoms with E-state index < -0.39 is 5.41 Å². The molecule has 154 valence electrons. The van der Waals surface area contributed by atoms with Crippen LogP contribution in [0.25, 0.3) is 0 Å². The number of anilines is 2. The standard InChI is InChI=1S/C23H30N4OS/c1-23(2,3)21(28)25-22(29)24-19-9-11-20(12-10-19)27-15-13-26(14-16-27)17-18-7-5-4-6-8-18/h4-12H,13-17H2,1-3H3,(H2,24,25,28,29)/p+1. The Hall–Kier alpha value is -2.44. The first-order valence-corrected chi connectivity index (χ1v) is 10.6. The van der Waals surface area contributed by atoms with Gasteiger partial charge in [0.15, 0.2) is 5.11 Å². The van der Waals surface area contributed by atoms with E-state index in [4.69, 9.17) is 12.2 Å². The number of hydrogen-bond donors (Lipinski definition) is 3. The second-order valence-electron chi connectivity index (χ2n) is 8.60. The minimum absolute atomic E-state index is 0.0949. The van der Waals surface area contributed by atoms with E-state index in [1.165, 1.54) is 11.3 Å². The number of carbonyl (C=O) groups is 1. The Morgan fingerprint density at radius 1 is 1.03 bits per heavy atom. The number of hydrogen-bond acceptors (Lipinski definition) is 3. The zero-order valence-corrected chi connectivity index (χ0v) is 18.3. The second-order valence-corrected chi connectivity index (χ2v) is 9.01. The Morgan fingerprint density at radius 2 is 1.66 bits per heavy atom. The zero-order chi connectivity index (χ0) is 20.9. The van der Waals surface area contributed by atoms with Gasteiger partial charge in [0, 0.05) is 22.4 Å². The molecular formula is C23H31N4OS+. The first kappa shape index (κ1) is 21.3. The number of rotatable bonds is 4. The lowest BCUT2D eigenvalue weighted by Crippen LogP contribution is -3.13. The number of carbonyl (C=O) groups excluding carboxylic acids is 1. The van der Waals surface area contributed by atoms with Crippen molar-refractivity contribution in [1.29, 1.82) is 0 Å². The number of nitrogens with one attached hydrogen (secondary N) is 3. The Morgan fingerprint density at radius 3 is 2.24 bits per heavy atom. The van der Waals surface area contributed by atoms with E-state index in [1.807, 2.05) is 32.9 Å². The molecule has 0 atom stereocenters. The molecule has 0 aliphatic carbocycles. The van der Waals surface area contributed by atoms with Crippen molar-refractivity contribution in [3.8, 4) is 0 Å². The van der Waals surface area contributed by atoms with Crippen LogP contribution in [0, 0.1) is 5.41 Å². The highest BCUT2D eigenvalue weighted by Crippen LogP contribution is 2.18. The van der Waals surface area contributed by atoms with Crippen molar-refractivity contribution in [1.82, 2.24) is 5.32 Å². The molecule has 1 aliphatic rings. The monoisotopic (exact) mass is 411 g/mol. The quantitative estimate of drug-likeness (QED) is 0.677. The normalized spacial score (nSPS) is 15.1. The molecule has 6 heteroatoms. The Balaban J connectivity index is 1.48. The van der Waals surface area contributed by atoms with Crippen molar-refractivity contribution in [3.63, 3.8) is 0 Å². The summed E-state index contributed by atoms with van der Waals surface area (Å²) in [5.41, 5.74) is 3.03. The summed E-state index contributed by atoms with van der Waals surface area (Å²) in [5.74, 6) is -0.0949. The van der Waals surface area contributed by atoms with Crippen LogP contribution in [0.2, 0.25) is 0 Å². The van der Waals surface area contributed by atoms with Crippen molar-refractivity contribution in [2.45, 2.75) is 27.3 Å². The first-order chi connectivity index (χ1) is 13.8. The summed E-state index contributed by atoms with van der Waals surface area (Å²) in [6, 6.07) is 18.9. The Kier molecular flexibility index (Phi) is 6.87. The molecule has 1 aliphatic heterocycles. The van der Waals surface area contributed by atoms with Crippen LogP contribution in [0.4, 0.5) is 11.4 Å². The average molecular weight is 412 g/mol. The maximum Gasteiger partial charge on any atom is 0.231 e. The average Bonchev–Trinajstić information content (AvgIpc) is 2.69. The van der Waals surface area contributed by atoms with E-state index in [0.29, 0.717) is 5.11 Å². The predicted octanol–water partition coefficient (Wildman–Crippen LogP) is 2.45. The molecule has 3 rings (SSSR count). The molecule has 29 heavy (non-hydrogen) atoms. The highest BCUT2D eigenvalue weighted by molar-refractivity contribution is 7.80.